The molecular formula is C12H17N3O3S. The Labute approximate surface area is 115 Å². The van der Waals surface area contributed by atoms with Gasteiger partial charge in [0.1, 0.15) is 0 Å². The molecule has 19 heavy (non-hydrogen) atoms. The van der Waals surface area contributed by atoms with Crippen LogP contribution in [0.4, 0.5) is 9.93 Å². The Kier molecular flexibility index (Phi) is 3.75. The van der Waals surface area contributed by atoms with Gasteiger partial charge >= 0.3 is 12.0 Å². The van der Waals surface area contributed by atoms with Crippen molar-refractivity contribution < 1.29 is 14.7 Å². The van der Waals surface area contributed by atoms with Gasteiger partial charge in [-0.25, -0.2) is 9.78 Å². The molecule has 1 fully saturated rings. The normalized spacial score (nSPS) is 15.1. The molecule has 0 atom stereocenters. The number of rotatable bonds is 5. The highest BCUT2D eigenvalue weighted by molar-refractivity contribution is 7.13. The zero-order valence-corrected chi connectivity index (χ0v) is 11.7. The maximum atomic E-state index is 11.6. The van der Waals surface area contributed by atoms with Crippen molar-refractivity contribution in [3.63, 3.8) is 0 Å². The first-order valence-corrected chi connectivity index (χ1v) is 7.00. The van der Waals surface area contributed by atoms with E-state index in [1.54, 1.807) is 13.8 Å². The number of hydrogen-bond donors (Lipinski definition) is 3. The van der Waals surface area contributed by atoms with E-state index in [-0.39, 0.29) is 6.54 Å². The average molecular weight is 283 g/mol. The number of urea groups is 1. The van der Waals surface area contributed by atoms with Gasteiger partial charge in [-0.15, -0.1) is 11.3 Å². The van der Waals surface area contributed by atoms with Gasteiger partial charge in [-0.05, 0) is 26.7 Å². The highest BCUT2D eigenvalue weighted by Gasteiger charge is 2.28. The van der Waals surface area contributed by atoms with E-state index >= 15 is 0 Å². The molecule has 0 radical (unpaired) electrons. The van der Waals surface area contributed by atoms with Crippen LogP contribution in [-0.4, -0.2) is 28.6 Å². The molecule has 1 aromatic heterocycles. The number of amides is 2. The third kappa shape index (κ3) is 3.66. The van der Waals surface area contributed by atoms with Gasteiger partial charge in [-0.1, -0.05) is 0 Å². The van der Waals surface area contributed by atoms with Gasteiger partial charge < -0.3 is 10.4 Å². The number of carbonyl (C=O) groups excluding carboxylic acids is 1. The zero-order chi connectivity index (χ0) is 14.0. The Balaban J connectivity index is 1.81. The Bertz CT molecular complexity index is 494. The molecule has 1 heterocycles. The molecule has 3 N–H and O–H groups in total. The molecule has 7 heteroatoms. The van der Waals surface area contributed by atoms with Crippen molar-refractivity contribution in [3.8, 4) is 0 Å². The summed E-state index contributed by atoms with van der Waals surface area (Å²) in [6.45, 7) is 3.18. The van der Waals surface area contributed by atoms with Crippen LogP contribution < -0.4 is 10.6 Å². The SMILES string of the molecule is CC(C)(CNC(=O)Nc1nc(C2CC2)cs1)C(=O)O. The Morgan fingerprint density at radius 1 is 1.53 bits per heavy atom. The number of aliphatic carboxylic acids is 1. The van der Waals surface area contributed by atoms with E-state index in [0.29, 0.717) is 11.0 Å². The van der Waals surface area contributed by atoms with E-state index in [2.05, 4.69) is 15.6 Å². The van der Waals surface area contributed by atoms with Crippen LogP contribution in [0.3, 0.4) is 0 Å². The van der Waals surface area contributed by atoms with Gasteiger partial charge in [0.15, 0.2) is 5.13 Å². The van der Waals surface area contributed by atoms with Crippen LogP contribution in [0.5, 0.6) is 0 Å². The second-order valence-electron chi connectivity index (χ2n) is 5.35. The molecule has 2 rings (SSSR count). The summed E-state index contributed by atoms with van der Waals surface area (Å²) in [6, 6.07) is -0.425. The number of nitrogens with zero attached hydrogens (tertiary/aromatic N) is 1. The topological polar surface area (TPSA) is 91.3 Å². The fourth-order valence-electron chi connectivity index (χ4n) is 1.43. The maximum absolute atomic E-state index is 11.6. The standard InChI is InChI=1S/C12H17N3O3S/c1-12(2,9(16)17)6-13-10(18)15-11-14-8(5-19-11)7-3-4-7/h5,7H,3-4,6H2,1-2H3,(H,16,17)(H2,13,14,15,18). The van der Waals surface area contributed by atoms with E-state index in [0.717, 1.165) is 5.69 Å². The third-order valence-electron chi connectivity index (χ3n) is 3.01. The second kappa shape index (κ2) is 5.16. The molecule has 104 valence electrons. The summed E-state index contributed by atoms with van der Waals surface area (Å²) in [7, 11) is 0. The van der Waals surface area contributed by atoms with Crippen molar-refractivity contribution in [2.75, 3.05) is 11.9 Å². The fraction of sp³-hybridized carbons (Fsp3) is 0.583. The minimum absolute atomic E-state index is 0.0645. The Morgan fingerprint density at radius 2 is 2.21 bits per heavy atom. The molecule has 0 bridgehead atoms. The monoisotopic (exact) mass is 283 g/mol. The Hall–Kier alpha value is -1.63. The predicted octanol–water partition coefficient (Wildman–Crippen LogP) is 2.25. The van der Waals surface area contributed by atoms with Crippen molar-refractivity contribution in [3.05, 3.63) is 11.1 Å². The minimum Gasteiger partial charge on any atom is -0.481 e. The van der Waals surface area contributed by atoms with E-state index in [1.807, 2.05) is 5.38 Å². The molecule has 0 spiro atoms. The second-order valence-corrected chi connectivity index (χ2v) is 6.21. The number of carboxylic acid groups (broad SMARTS) is 1. The highest BCUT2D eigenvalue weighted by Crippen LogP contribution is 2.40. The van der Waals surface area contributed by atoms with Crippen molar-refractivity contribution >= 4 is 28.5 Å². The maximum Gasteiger partial charge on any atom is 0.321 e. The summed E-state index contributed by atoms with van der Waals surface area (Å²) >= 11 is 1.39. The first kappa shape index (κ1) is 13.8. The summed E-state index contributed by atoms with van der Waals surface area (Å²) < 4.78 is 0. The summed E-state index contributed by atoms with van der Waals surface area (Å²) in [5, 5.41) is 16.6. The van der Waals surface area contributed by atoms with Gasteiger partial charge in [-0.2, -0.15) is 0 Å². The van der Waals surface area contributed by atoms with E-state index in [9.17, 15) is 9.59 Å². The number of nitrogens with one attached hydrogen (secondary N) is 2. The molecule has 1 saturated carbocycles. The van der Waals surface area contributed by atoms with Gasteiger partial charge in [0.2, 0.25) is 0 Å². The lowest BCUT2D eigenvalue weighted by molar-refractivity contribution is -0.146. The molecule has 2 amide bonds. The number of anilines is 1. The summed E-state index contributed by atoms with van der Waals surface area (Å²) in [4.78, 5) is 26.8. The lowest BCUT2D eigenvalue weighted by Crippen LogP contribution is -2.40. The highest BCUT2D eigenvalue weighted by atomic mass is 32.1. The number of carboxylic acids is 1. The van der Waals surface area contributed by atoms with Crippen molar-refractivity contribution in [1.82, 2.24) is 10.3 Å². The smallest absolute Gasteiger partial charge is 0.321 e. The molecule has 0 saturated heterocycles. The zero-order valence-electron chi connectivity index (χ0n) is 10.9. The number of aromatic nitrogens is 1. The summed E-state index contributed by atoms with van der Waals surface area (Å²) in [5.41, 5.74) is 0.0468. The molecule has 0 unspecified atom stereocenters. The third-order valence-corrected chi connectivity index (χ3v) is 3.78. The number of hydrogen-bond acceptors (Lipinski definition) is 4. The largest absolute Gasteiger partial charge is 0.481 e. The molecule has 1 aromatic rings. The van der Waals surface area contributed by atoms with Gasteiger partial charge in [0.25, 0.3) is 0 Å². The van der Waals surface area contributed by atoms with E-state index < -0.39 is 17.4 Å². The van der Waals surface area contributed by atoms with Crippen LogP contribution in [0.2, 0.25) is 0 Å². The quantitative estimate of drug-likeness (QED) is 0.773. The molecule has 0 aromatic carbocycles. The minimum atomic E-state index is -0.987. The van der Waals surface area contributed by atoms with Gasteiger partial charge in [-0.3, -0.25) is 10.1 Å². The summed E-state index contributed by atoms with van der Waals surface area (Å²) in [5.74, 6) is -0.390. The molecular weight excluding hydrogens is 266 g/mol. The van der Waals surface area contributed by atoms with Crippen molar-refractivity contribution in [2.45, 2.75) is 32.6 Å². The van der Waals surface area contributed by atoms with E-state index in [1.165, 1.54) is 24.2 Å². The average Bonchev–Trinajstić information content (AvgIpc) is 3.08. The van der Waals surface area contributed by atoms with Crippen molar-refractivity contribution in [2.24, 2.45) is 5.41 Å². The lowest BCUT2D eigenvalue weighted by Gasteiger charge is -2.19. The first-order valence-electron chi connectivity index (χ1n) is 6.12. The van der Waals surface area contributed by atoms with Gasteiger partial charge in [0, 0.05) is 17.8 Å². The number of carbonyl (C=O) groups is 2. The number of thiazole rings is 1. The van der Waals surface area contributed by atoms with Crippen LogP contribution in [-0.2, 0) is 4.79 Å². The molecule has 1 aliphatic rings. The lowest BCUT2D eigenvalue weighted by atomic mass is 9.94. The fourth-order valence-corrected chi connectivity index (χ4v) is 2.22. The van der Waals surface area contributed by atoms with Crippen LogP contribution >= 0.6 is 11.3 Å². The molecule has 6 nitrogen and oxygen atoms in total. The molecule has 0 aliphatic heterocycles. The van der Waals surface area contributed by atoms with Crippen LogP contribution in [0.1, 0.15) is 38.3 Å². The van der Waals surface area contributed by atoms with E-state index in [4.69, 9.17) is 5.11 Å². The summed E-state index contributed by atoms with van der Waals surface area (Å²) in [6.07, 6.45) is 2.34. The van der Waals surface area contributed by atoms with Gasteiger partial charge in [0.05, 0.1) is 11.1 Å². The van der Waals surface area contributed by atoms with Crippen LogP contribution in [0, 0.1) is 5.41 Å². The predicted molar refractivity (Wildman–Crippen MR) is 72.5 cm³/mol. The first-order chi connectivity index (χ1) is 8.88. The molecule has 1 aliphatic carbocycles. The van der Waals surface area contributed by atoms with Crippen LogP contribution in [0.25, 0.3) is 0 Å². The van der Waals surface area contributed by atoms with Crippen LogP contribution in [0.15, 0.2) is 5.38 Å². The Morgan fingerprint density at radius 3 is 2.79 bits per heavy atom. The van der Waals surface area contributed by atoms with Crippen molar-refractivity contribution in [1.29, 1.82) is 0 Å².